The van der Waals surface area contributed by atoms with E-state index >= 15 is 0 Å². The van der Waals surface area contributed by atoms with Gasteiger partial charge in [0.1, 0.15) is 6.61 Å². The molecule has 0 atom stereocenters. The number of primary amides is 1. The molecule has 0 saturated carbocycles. The molecule has 72 valence electrons. The summed E-state index contributed by atoms with van der Waals surface area (Å²) < 4.78 is 0. The average molecular weight is 200 g/mol. The lowest BCUT2D eigenvalue weighted by atomic mass is 10.3. The molecule has 0 radical (unpaired) electrons. The van der Waals surface area contributed by atoms with E-state index in [1.165, 1.54) is 4.88 Å². The molecule has 0 spiro atoms. The number of carbonyl (C=O) groups is 1. The fourth-order valence-electron chi connectivity index (χ4n) is 0.823. The van der Waals surface area contributed by atoms with E-state index in [4.69, 9.17) is 10.6 Å². The molecule has 0 aliphatic carbocycles. The zero-order valence-corrected chi connectivity index (χ0v) is 7.97. The van der Waals surface area contributed by atoms with Crippen LogP contribution in [0.15, 0.2) is 17.5 Å². The monoisotopic (exact) mass is 200 g/mol. The summed E-state index contributed by atoms with van der Waals surface area (Å²) in [5.41, 5.74) is 7.53. The Kier molecular flexibility index (Phi) is 4.45. The summed E-state index contributed by atoms with van der Waals surface area (Å²) in [7, 11) is 0. The molecule has 3 N–H and O–H groups in total. The van der Waals surface area contributed by atoms with E-state index in [9.17, 15) is 4.79 Å². The topological polar surface area (TPSA) is 64.4 Å². The molecule has 0 bridgehead atoms. The van der Waals surface area contributed by atoms with Crippen LogP contribution in [0.4, 0.5) is 0 Å². The molecule has 4 nitrogen and oxygen atoms in total. The maximum Gasteiger partial charge on any atom is 0.245 e. The van der Waals surface area contributed by atoms with Crippen molar-refractivity contribution in [1.29, 1.82) is 0 Å². The van der Waals surface area contributed by atoms with Crippen LogP contribution >= 0.6 is 11.3 Å². The molecule has 0 unspecified atom stereocenters. The fourth-order valence-corrected chi connectivity index (χ4v) is 1.53. The SMILES string of the molecule is NC(=O)CONCCc1cccs1. The molecular weight excluding hydrogens is 188 g/mol. The summed E-state index contributed by atoms with van der Waals surface area (Å²) >= 11 is 1.70. The van der Waals surface area contributed by atoms with Crippen molar-refractivity contribution in [3.8, 4) is 0 Å². The summed E-state index contributed by atoms with van der Waals surface area (Å²) in [4.78, 5) is 16.3. The van der Waals surface area contributed by atoms with E-state index in [1.807, 2.05) is 11.4 Å². The molecular formula is C8H12N2O2S. The number of thiophene rings is 1. The van der Waals surface area contributed by atoms with Crippen molar-refractivity contribution in [1.82, 2.24) is 5.48 Å². The van der Waals surface area contributed by atoms with Gasteiger partial charge in [0.05, 0.1) is 0 Å². The number of nitrogens with one attached hydrogen (secondary N) is 1. The maximum absolute atomic E-state index is 10.3. The normalized spacial score (nSPS) is 10.2. The summed E-state index contributed by atoms with van der Waals surface area (Å²) in [5, 5.41) is 2.03. The van der Waals surface area contributed by atoms with Crippen LogP contribution in [-0.2, 0) is 16.1 Å². The highest BCUT2D eigenvalue weighted by atomic mass is 32.1. The Morgan fingerprint density at radius 3 is 3.15 bits per heavy atom. The predicted molar refractivity (Wildman–Crippen MR) is 51.2 cm³/mol. The number of rotatable bonds is 6. The lowest BCUT2D eigenvalue weighted by Gasteiger charge is -2.01. The van der Waals surface area contributed by atoms with Gasteiger partial charge in [-0.05, 0) is 17.9 Å². The Balaban J connectivity index is 1.99. The molecule has 1 aromatic heterocycles. The molecule has 0 aliphatic rings. The van der Waals surface area contributed by atoms with Crippen LogP contribution in [0.1, 0.15) is 4.88 Å². The van der Waals surface area contributed by atoms with Crippen molar-refractivity contribution in [3.05, 3.63) is 22.4 Å². The Morgan fingerprint density at radius 2 is 2.54 bits per heavy atom. The minimum Gasteiger partial charge on any atom is -0.368 e. The number of hydrogen-bond acceptors (Lipinski definition) is 4. The first kappa shape index (κ1) is 10.2. The van der Waals surface area contributed by atoms with Gasteiger partial charge in [-0.25, -0.2) is 5.48 Å². The number of carbonyl (C=O) groups excluding carboxylic acids is 1. The molecule has 0 saturated heterocycles. The van der Waals surface area contributed by atoms with Gasteiger partial charge >= 0.3 is 0 Å². The van der Waals surface area contributed by atoms with Gasteiger partial charge in [0.2, 0.25) is 5.91 Å². The zero-order valence-electron chi connectivity index (χ0n) is 7.16. The molecule has 5 heteroatoms. The Labute approximate surface area is 80.7 Å². The number of hydrogen-bond donors (Lipinski definition) is 2. The molecule has 0 fully saturated rings. The minimum absolute atomic E-state index is 0.0789. The summed E-state index contributed by atoms with van der Waals surface area (Å²) in [6.07, 6.45) is 0.899. The number of amides is 1. The summed E-state index contributed by atoms with van der Waals surface area (Å²) in [5.74, 6) is -0.469. The van der Waals surface area contributed by atoms with Crippen LogP contribution < -0.4 is 11.2 Å². The van der Waals surface area contributed by atoms with Crippen molar-refractivity contribution < 1.29 is 9.63 Å². The number of hydroxylamine groups is 1. The molecule has 13 heavy (non-hydrogen) atoms. The highest BCUT2D eigenvalue weighted by molar-refractivity contribution is 7.09. The average Bonchev–Trinajstić information content (AvgIpc) is 2.55. The lowest BCUT2D eigenvalue weighted by molar-refractivity contribution is -0.125. The maximum atomic E-state index is 10.3. The van der Waals surface area contributed by atoms with Crippen molar-refractivity contribution in [2.24, 2.45) is 5.73 Å². The predicted octanol–water partition coefficient (Wildman–Crippen LogP) is 0.297. The minimum atomic E-state index is -0.469. The zero-order chi connectivity index (χ0) is 9.52. The number of nitrogens with two attached hydrogens (primary N) is 1. The summed E-state index contributed by atoms with van der Waals surface area (Å²) in [6.45, 7) is 0.609. The van der Waals surface area contributed by atoms with Gasteiger partial charge in [-0.15, -0.1) is 11.3 Å². The third-order valence-electron chi connectivity index (χ3n) is 1.37. The smallest absolute Gasteiger partial charge is 0.245 e. The molecule has 0 aromatic carbocycles. The lowest BCUT2D eigenvalue weighted by Crippen LogP contribution is -2.26. The van der Waals surface area contributed by atoms with E-state index < -0.39 is 5.91 Å². The third-order valence-corrected chi connectivity index (χ3v) is 2.31. The van der Waals surface area contributed by atoms with Crippen LogP contribution in [0, 0.1) is 0 Å². The van der Waals surface area contributed by atoms with Gasteiger partial charge in [0, 0.05) is 11.4 Å². The first-order valence-electron chi connectivity index (χ1n) is 3.94. The fraction of sp³-hybridized carbons (Fsp3) is 0.375. The van der Waals surface area contributed by atoms with Crippen LogP contribution in [0.2, 0.25) is 0 Å². The first-order valence-corrected chi connectivity index (χ1v) is 4.82. The van der Waals surface area contributed by atoms with Crippen LogP contribution in [0.5, 0.6) is 0 Å². The largest absolute Gasteiger partial charge is 0.368 e. The second-order valence-corrected chi connectivity index (χ2v) is 3.51. The first-order chi connectivity index (χ1) is 6.29. The van der Waals surface area contributed by atoms with Crippen molar-refractivity contribution >= 4 is 17.2 Å². The van der Waals surface area contributed by atoms with Crippen molar-refractivity contribution in [2.75, 3.05) is 13.2 Å². The molecule has 1 rings (SSSR count). The van der Waals surface area contributed by atoms with Crippen molar-refractivity contribution in [2.45, 2.75) is 6.42 Å². The van der Waals surface area contributed by atoms with E-state index in [2.05, 4.69) is 11.5 Å². The summed E-state index contributed by atoms with van der Waals surface area (Å²) in [6, 6.07) is 4.06. The molecule has 0 aliphatic heterocycles. The van der Waals surface area contributed by atoms with Crippen molar-refractivity contribution in [3.63, 3.8) is 0 Å². The van der Waals surface area contributed by atoms with E-state index in [0.29, 0.717) is 6.54 Å². The second kappa shape index (κ2) is 5.69. The van der Waals surface area contributed by atoms with Gasteiger partial charge in [-0.3, -0.25) is 9.63 Å². The van der Waals surface area contributed by atoms with Gasteiger partial charge in [-0.2, -0.15) is 0 Å². The molecule has 1 heterocycles. The van der Waals surface area contributed by atoms with Crippen LogP contribution in [-0.4, -0.2) is 19.1 Å². The van der Waals surface area contributed by atoms with Crippen LogP contribution in [0.25, 0.3) is 0 Å². The Bertz CT molecular complexity index is 249. The van der Waals surface area contributed by atoms with Gasteiger partial charge in [0.15, 0.2) is 0 Å². The van der Waals surface area contributed by atoms with E-state index in [1.54, 1.807) is 11.3 Å². The van der Waals surface area contributed by atoms with Gasteiger partial charge in [0.25, 0.3) is 0 Å². The Hall–Kier alpha value is -0.910. The highest BCUT2D eigenvalue weighted by Gasteiger charge is 1.95. The standard InChI is InChI=1S/C8H12N2O2S/c9-8(11)6-12-10-4-3-7-2-1-5-13-7/h1-2,5,10H,3-4,6H2,(H2,9,11). The van der Waals surface area contributed by atoms with E-state index in [-0.39, 0.29) is 6.61 Å². The van der Waals surface area contributed by atoms with Gasteiger partial charge in [-0.1, -0.05) is 6.07 Å². The highest BCUT2D eigenvalue weighted by Crippen LogP contribution is 2.07. The molecule has 1 amide bonds. The third kappa shape index (κ3) is 4.62. The Morgan fingerprint density at radius 1 is 1.69 bits per heavy atom. The van der Waals surface area contributed by atoms with Crippen LogP contribution in [0.3, 0.4) is 0 Å². The quantitative estimate of drug-likeness (QED) is 0.512. The molecule has 1 aromatic rings. The second-order valence-electron chi connectivity index (χ2n) is 2.48. The van der Waals surface area contributed by atoms with E-state index in [0.717, 1.165) is 6.42 Å². The van der Waals surface area contributed by atoms with Gasteiger partial charge < -0.3 is 5.73 Å².